The third-order valence-corrected chi connectivity index (χ3v) is 5.45. The van der Waals surface area contributed by atoms with Crippen LogP contribution in [0, 0.1) is 9.72 Å². The van der Waals surface area contributed by atoms with E-state index < -0.39 is 0 Å². The Morgan fingerprint density at radius 1 is 1.25 bits per heavy atom. The van der Waals surface area contributed by atoms with Crippen LogP contribution in [0.4, 0.5) is 0 Å². The fraction of sp³-hybridized carbons (Fsp3) is 0.750. The minimum atomic E-state index is 0.310. The van der Waals surface area contributed by atoms with Crippen molar-refractivity contribution >= 4 is 0 Å². The van der Waals surface area contributed by atoms with Gasteiger partial charge in [-0.15, -0.1) is 0 Å². The van der Waals surface area contributed by atoms with E-state index in [1.54, 1.807) is 0 Å². The van der Waals surface area contributed by atoms with Gasteiger partial charge < -0.3 is 5.73 Å². The van der Waals surface area contributed by atoms with Gasteiger partial charge in [-0.1, -0.05) is 0 Å². The predicted octanol–water partition coefficient (Wildman–Crippen LogP) is 1.72. The molecule has 2 fully saturated rings. The Morgan fingerprint density at radius 2 is 1.75 bits per heavy atom. The molecule has 0 saturated heterocycles. The van der Waals surface area contributed by atoms with Crippen LogP contribution >= 0.6 is 0 Å². The minimum Gasteiger partial charge on any atom is -0.325 e. The molecule has 2 saturated carbocycles. The molecule has 0 spiro atoms. The average Bonchev–Trinajstić information content (AvgIpc) is 2.89. The molecule has 0 aliphatic heterocycles. The summed E-state index contributed by atoms with van der Waals surface area (Å²) >= 11 is 2.27. The zero-order valence-electron chi connectivity index (χ0n) is 10.1. The Kier molecular flexibility index (Phi) is 3.56. The van der Waals surface area contributed by atoms with Crippen molar-refractivity contribution in [1.29, 1.82) is 0 Å². The maximum atomic E-state index is 6.00. The van der Waals surface area contributed by atoms with Crippen molar-refractivity contribution in [2.45, 2.75) is 37.6 Å². The Morgan fingerprint density at radius 3 is 1.88 bits per heavy atom. The Bertz CT molecular complexity index is 388. The molecular formula is C12H21N3Pt. The molecule has 2 N–H and O–H groups in total. The fourth-order valence-electron chi connectivity index (χ4n) is 2.80. The monoisotopic (exact) mass is 402 g/mol. The Hall–Kier alpha value is -0.142. The van der Waals surface area contributed by atoms with Crippen LogP contribution in [-0.4, -0.2) is 14.7 Å². The number of nitrogens with zero attached hydrogens (tertiary/aromatic N) is 2. The second-order valence-corrected chi connectivity index (χ2v) is 6.29. The number of nitrogens with two attached hydrogens (primary N) is 1. The zero-order chi connectivity index (χ0) is 11.8. The van der Waals surface area contributed by atoms with Crippen LogP contribution in [0.2, 0.25) is 0 Å². The van der Waals surface area contributed by atoms with Gasteiger partial charge in [0.15, 0.2) is 0 Å². The molecule has 0 unspecified atom stereocenters. The Balaban J connectivity index is 0.000000120. The first kappa shape index (κ1) is 12.3. The fourth-order valence-corrected chi connectivity index (χ4v) is 3.14. The second kappa shape index (κ2) is 4.62. The normalized spacial score (nSPS) is 31.4. The molecule has 1 aromatic heterocycles. The van der Waals surface area contributed by atoms with E-state index in [2.05, 4.69) is 28.5 Å². The van der Waals surface area contributed by atoms with E-state index in [0.717, 1.165) is 5.92 Å². The van der Waals surface area contributed by atoms with Gasteiger partial charge in [-0.05, 0) is 38.0 Å². The molecule has 2 aliphatic rings. The molecule has 0 atom stereocenters. The van der Waals surface area contributed by atoms with Gasteiger partial charge in [0.05, 0.1) is 0 Å². The topological polar surface area (TPSA) is 35.9 Å². The van der Waals surface area contributed by atoms with Crippen LogP contribution < -0.4 is 5.73 Å². The summed E-state index contributed by atoms with van der Waals surface area (Å²) in [7, 11) is 4.06. The van der Waals surface area contributed by atoms with Gasteiger partial charge in [0.25, 0.3) is 0 Å². The number of aromatic nitrogens is 2. The van der Waals surface area contributed by atoms with Gasteiger partial charge in [-0.2, -0.15) is 0 Å². The van der Waals surface area contributed by atoms with Crippen LogP contribution in [0.15, 0.2) is 12.4 Å². The molecule has 0 aromatic carbocycles. The summed E-state index contributed by atoms with van der Waals surface area (Å²) in [5.74, 6) is 1.01. The smallest absolute Gasteiger partial charge is 0.0157 e. The van der Waals surface area contributed by atoms with Gasteiger partial charge in [0.1, 0.15) is 0 Å². The van der Waals surface area contributed by atoms with Gasteiger partial charge in [0.2, 0.25) is 0 Å². The zero-order valence-corrected chi connectivity index (χ0v) is 12.3. The first-order valence-electron chi connectivity index (χ1n) is 5.92. The van der Waals surface area contributed by atoms with E-state index in [4.69, 9.17) is 5.73 Å². The second-order valence-electron chi connectivity index (χ2n) is 5.27. The summed E-state index contributed by atoms with van der Waals surface area (Å²) in [6, 6.07) is 0. The first-order chi connectivity index (χ1) is 7.50. The summed E-state index contributed by atoms with van der Waals surface area (Å²) < 4.78 is 5.38. The summed E-state index contributed by atoms with van der Waals surface area (Å²) in [6.07, 6.45) is 10.8. The summed E-state index contributed by atoms with van der Waals surface area (Å²) in [6.45, 7) is 0. The molecule has 0 amide bonds. The van der Waals surface area contributed by atoms with Crippen molar-refractivity contribution in [1.82, 2.24) is 9.13 Å². The number of hydrogen-bond donors (Lipinski definition) is 1. The average molecular weight is 402 g/mol. The van der Waals surface area contributed by atoms with Crippen molar-refractivity contribution in [3.8, 4) is 0 Å². The largest absolute Gasteiger partial charge is 0.325 e. The third kappa shape index (κ3) is 2.57. The van der Waals surface area contributed by atoms with E-state index in [1.807, 2.05) is 26.5 Å². The molecule has 1 aromatic rings. The summed E-state index contributed by atoms with van der Waals surface area (Å²) in [5, 5.41) is 0. The first-order valence-corrected chi connectivity index (χ1v) is 7.06. The maximum absolute atomic E-state index is 6.00. The molecule has 2 bridgehead atoms. The molecule has 1 heterocycles. The maximum Gasteiger partial charge on any atom is 0.0157 e. The molecule has 0 radical (unpaired) electrons. The van der Waals surface area contributed by atoms with Gasteiger partial charge >= 0.3 is 58.8 Å². The van der Waals surface area contributed by atoms with Gasteiger partial charge in [0, 0.05) is 5.54 Å². The molecule has 94 valence electrons. The van der Waals surface area contributed by atoms with E-state index in [1.165, 1.54) is 35.9 Å². The van der Waals surface area contributed by atoms with Crippen LogP contribution in [-0.2, 0) is 33.4 Å². The SMILES string of the molecule is Cn1ccn(C)[c]1=[Pt].NC12CCC(CC1)C2. The number of hydrogen-bond acceptors (Lipinski definition) is 1. The van der Waals surface area contributed by atoms with Crippen LogP contribution in [0.1, 0.15) is 32.1 Å². The molecule has 4 heteroatoms. The van der Waals surface area contributed by atoms with Crippen molar-refractivity contribution in [3.63, 3.8) is 0 Å². The van der Waals surface area contributed by atoms with E-state index >= 15 is 0 Å². The molecule has 2 aliphatic carbocycles. The van der Waals surface area contributed by atoms with Crippen molar-refractivity contribution in [3.05, 3.63) is 16.2 Å². The van der Waals surface area contributed by atoms with Crippen molar-refractivity contribution < 1.29 is 19.4 Å². The van der Waals surface area contributed by atoms with Gasteiger partial charge in [-0.3, -0.25) is 0 Å². The van der Waals surface area contributed by atoms with Crippen LogP contribution in [0.25, 0.3) is 0 Å². The van der Waals surface area contributed by atoms with E-state index in [9.17, 15) is 0 Å². The quantitative estimate of drug-likeness (QED) is 0.705. The van der Waals surface area contributed by atoms with Crippen LogP contribution in [0.3, 0.4) is 0 Å². The molecule has 3 nitrogen and oxygen atoms in total. The predicted molar refractivity (Wildman–Crippen MR) is 61.1 cm³/mol. The minimum absolute atomic E-state index is 0.310. The third-order valence-electron chi connectivity index (χ3n) is 3.85. The van der Waals surface area contributed by atoms with Crippen molar-refractivity contribution in [2.75, 3.05) is 0 Å². The van der Waals surface area contributed by atoms with Gasteiger partial charge in [-0.25, -0.2) is 0 Å². The van der Waals surface area contributed by atoms with E-state index in [0.29, 0.717) is 5.54 Å². The number of rotatable bonds is 0. The summed E-state index contributed by atoms with van der Waals surface area (Å²) in [5.41, 5.74) is 6.31. The van der Waals surface area contributed by atoms with Crippen LogP contribution in [0.5, 0.6) is 0 Å². The Labute approximate surface area is 108 Å². The molecule has 16 heavy (non-hydrogen) atoms. The number of aryl methyl sites for hydroxylation is 2. The number of imidazole rings is 1. The molecular weight excluding hydrogens is 381 g/mol. The molecule has 3 rings (SSSR count). The number of fused-ring (bicyclic) bond motifs is 2. The van der Waals surface area contributed by atoms with Crippen molar-refractivity contribution in [2.24, 2.45) is 25.7 Å². The summed E-state index contributed by atoms with van der Waals surface area (Å²) in [4.78, 5) is 0. The van der Waals surface area contributed by atoms with E-state index in [-0.39, 0.29) is 0 Å². The standard InChI is InChI=1S/C7H13N.C5H8N2.Pt/c8-7-3-1-6(5-7)2-4-7;1-6-3-4-7(2)5-6;/h6H,1-5,8H2;3-4H,1-2H3;.